The maximum atomic E-state index is 13.7. The molecule has 1 heterocycles. The van der Waals surface area contributed by atoms with Crippen LogP contribution >= 0.6 is 34.9 Å². The first-order chi connectivity index (χ1) is 49.9. The first-order valence-electron chi connectivity index (χ1n) is 37.6. The van der Waals surface area contributed by atoms with Crippen LogP contribution in [0.5, 0.6) is 0 Å². The highest BCUT2D eigenvalue weighted by Crippen LogP contribution is 2.44. The molecule has 0 spiro atoms. The number of nitrogens with one attached hydrogen (secondary N) is 4. The lowest BCUT2D eigenvalue weighted by atomic mass is 9.86. The minimum absolute atomic E-state index is 0.0338. The van der Waals surface area contributed by atoms with Crippen molar-refractivity contribution in [2.24, 2.45) is 11.3 Å². The number of hydrogen-bond acceptors (Lipinski definition) is 20. The fraction of sp³-hybridized carbons (Fsp3) is 0.613. The van der Waals surface area contributed by atoms with Gasteiger partial charge < -0.3 is 49.7 Å². The summed E-state index contributed by atoms with van der Waals surface area (Å²) in [6.45, 7) is 33.9. The predicted molar refractivity (Wildman–Crippen MR) is 431 cm³/mol. The summed E-state index contributed by atoms with van der Waals surface area (Å²) in [6, 6.07) is 15.6. The molecule has 21 nitrogen and oxygen atoms in total. The maximum absolute atomic E-state index is 13.7. The van der Waals surface area contributed by atoms with Crippen LogP contribution in [0.25, 0.3) is 11.1 Å². The van der Waals surface area contributed by atoms with Crippen LogP contribution in [0.2, 0.25) is 51.4 Å². The van der Waals surface area contributed by atoms with E-state index in [2.05, 4.69) is 91.5 Å². The van der Waals surface area contributed by atoms with E-state index < -0.39 is 99.3 Å². The zero-order chi connectivity index (χ0) is 79.0. The van der Waals surface area contributed by atoms with Gasteiger partial charge in [0.2, 0.25) is 0 Å². The molecule has 0 saturated heterocycles. The second kappa shape index (κ2) is 48.5. The van der Waals surface area contributed by atoms with Gasteiger partial charge in [0.1, 0.15) is 52.9 Å². The predicted octanol–water partition coefficient (Wildman–Crippen LogP) is 17.4. The summed E-state index contributed by atoms with van der Waals surface area (Å²) < 4.78 is 33.5. The van der Waals surface area contributed by atoms with Crippen LogP contribution in [0.3, 0.4) is 0 Å². The summed E-state index contributed by atoms with van der Waals surface area (Å²) in [5.74, 6) is -3.06. The molecular weight excluding hydrogens is 1440 g/mol. The Morgan fingerprint density at radius 3 is 1.56 bits per heavy atom. The lowest BCUT2D eigenvalue weighted by Gasteiger charge is -2.31. The number of thiazole rings is 1. The Balaban J connectivity index is 0.000000553. The largest absolute Gasteiger partial charge is 0.466 e. The highest BCUT2D eigenvalue weighted by atomic mass is 32.2. The molecule has 4 N–H and O–H groups in total. The normalized spacial score (nSPS) is 13.6. The van der Waals surface area contributed by atoms with Crippen molar-refractivity contribution in [2.75, 3.05) is 31.3 Å². The molecule has 1 aliphatic carbocycles. The second-order valence-corrected chi connectivity index (χ2v) is 45.7. The van der Waals surface area contributed by atoms with E-state index in [1.54, 1.807) is 66.7 Å². The number of aromatic nitrogens is 1. The van der Waals surface area contributed by atoms with Crippen molar-refractivity contribution in [1.29, 1.82) is 0 Å². The molecule has 0 radical (unpaired) electrons. The highest BCUT2D eigenvalue weighted by Gasteiger charge is 2.37. The van der Waals surface area contributed by atoms with Crippen LogP contribution < -0.4 is 21.3 Å². The Labute approximate surface area is 646 Å². The smallest absolute Gasteiger partial charge is 0.408 e. The molecule has 1 aromatic heterocycles. The van der Waals surface area contributed by atoms with Crippen molar-refractivity contribution in [3.63, 3.8) is 0 Å². The Morgan fingerprint density at radius 2 is 1.10 bits per heavy atom. The van der Waals surface area contributed by atoms with E-state index in [1.165, 1.54) is 54.2 Å². The molecule has 4 rings (SSSR count). The second-order valence-electron chi connectivity index (χ2n) is 31.2. The van der Waals surface area contributed by atoms with Crippen molar-refractivity contribution in [1.82, 2.24) is 26.3 Å². The number of thioether (sulfide) groups is 2. The number of benzene rings is 2. The first kappa shape index (κ1) is 93.3. The molecule has 26 heteroatoms. The number of rotatable bonds is 44. The van der Waals surface area contributed by atoms with Crippen LogP contribution in [0.4, 0.5) is 9.59 Å². The minimum atomic E-state index is -1.45. The molecule has 106 heavy (non-hydrogen) atoms. The third-order valence-corrected chi connectivity index (χ3v) is 22.7. The van der Waals surface area contributed by atoms with E-state index in [0.29, 0.717) is 48.8 Å². The maximum Gasteiger partial charge on any atom is 0.408 e. The Bertz CT molecular complexity index is 3340. The van der Waals surface area contributed by atoms with Gasteiger partial charge in [-0.15, -0.1) is 11.3 Å². The van der Waals surface area contributed by atoms with Crippen molar-refractivity contribution >= 4 is 109 Å². The lowest BCUT2D eigenvalue weighted by molar-refractivity contribution is -0.158. The highest BCUT2D eigenvalue weighted by molar-refractivity contribution is 8.13. The van der Waals surface area contributed by atoms with Crippen LogP contribution in [0.1, 0.15) is 211 Å². The van der Waals surface area contributed by atoms with Crippen LogP contribution in [0.15, 0.2) is 90.0 Å². The molecule has 1 aliphatic rings. The van der Waals surface area contributed by atoms with Crippen molar-refractivity contribution in [2.45, 2.75) is 273 Å². The molecule has 0 unspecified atom stereocenters. The quantitative estimate of drug-likeness (QED) is 0.0102. The Hall–Kier alpha value is -6.88. The Morgan fingerprint density at radius 1 is 0.623 bits per heavy atom. The van der Waals surface area contributed by atoms with Gasteiger partial charge in [-0.25, -0.2) is 24.2 Å². The summed E-state index contributed by atoms with van der Waals surface area (Å²) in [5, 5.41) is 12.8. The van der Waals surface area contributed by atoms with E-state index in [-0.39, 0.29) is 66.1 Å². The van der Waals surface area contributed by atoms with Gasteiger partial charge in [0.15, 0.2) is 10.2 Å². The number of ether oxygens (including phenoxy) is 6. The van der Waals surface area contributed by atoms with E-state index in [9.17, 15) is 47.9 Å². The monoisotopic (exact) mass is 1560 g/mol. The van der Waals surface area contributed by atoms with Gasteiger partial charge in [-0.2, -0.15) is 0 Å². The molecule has 0 saturated carbocycles. The SMILES string of the molecule is C/C=C(\NC(=O)c1csc(CNC(=O)OC(C)(C)C)n1)C(=O)N[C@H](C(=O)O[C@H](/C=C/CCSC(=O)CCCCCCC)CC(=O)OCC[Si](C)(C)C)C(C)(C)C.CCCCCCCC(=O)SCC/C=C/[C@H](CC(=O)OCC[Si](C)(C)C)OC(=O)[C@@H](NC(=O)OCC1c2ccccc2-c2ccccc21)C(C)C. The summed E-state index contributed by atoms with van der Waals surface area (Å²) in [4.78, 5) is 133. The number of esters is 4. The molecular formula is C80H123N5O16S3Si2. The molecule has 4 amide bonds. The van der Waals surface area contributed by atoms with Crippen LogP contribution in [0, 0.1) is 11.3 Å². The van der Waals surface area contributed by atoms with Crippen molar-refractivity contribution in [3.8, 4) is 11.1 Å². The van der Waals surface area contributed by atoms with E-state index >= 15 is 0 Å². The summed E-state index contributed by atoms with van der Waals surface area (Å²) in [5.41, 5.74) is 2.86. The summed E-state index contributed by atoms with van der Waals surface area (Å²) >= 11 is 3.73. The van der Waals surface area contributed by atoms with E-state index in [0.717, 1.165) is 90.6 Å². The van der Waals surface area contributed by atoms with Crippen molar-refractivity contribution < 1.29 is 76.4 Å². The zero-order valence-corrected chi connectivity index (χ0v) is 70.7. The third kappa shape index (κ3) is 39.3. The fourth-order valence-corrected chi connectivity index (χ4v) is 14.2. The number of carbonyl (C=O) groups excluding carboxylic acids is 10. The molecule has 590 valence electrons. The van der Waals surface area contributed by atoms with Crippen molar-refractivity contribution in [3.05, 3.63) is 112 Å². The number of allylic oxidation sites excluding steroid dienone is 3. The van der Waals surface area contributed by atoms with Gasteiger partial charge in [0, 0.05) is 51.8 Å². The van der Waals surface area contributed by atoms with E-state index in [1.807, 2.05) is 56.3 Å². The van der Waals surface area contributed by atoms with Gasteiger partial charge in [0.05, 0.1) is 32.6 Å². The van der Waals surface area contributed by atoms with Gasteiger partial charge in [-0.05, 0) is 111 Å². The number of carbonyl (C=O) groups is 10. The van der Waals surface area contributed by atoms with Crippen LogP contribution in [-0.2, 0) is 68.5 Å². The molecule has 0 bridgehead atoms. The lowest BCUT2D eigenvalue weighted by Crippen LogP contribution is -2.52. The number of nitrogens with zero attached hydrogens (tertiary/aromatic N) is 1. The molecule has 0 fully saturated rings. The van der Waals surface area contributed by atoms with E-state index in [4.69, 9.17) is 28.4 Å². The fourth-order valence-electron chi connectivity index (χ4n) is 10.5. The number of unbranched alkanes of at least 4 members (excludes halogenated alkanes) is 8. The van der Waals surface area contributed by atoms with Gasteiger partial charge in [-0.3, -0.25) is 28.8 Å². The summed E-state index contributed by atoms with van der Waals surface area (Å²) in [6.07, 6.45) is 17.9. The van der Waals surface area contributed by atoms with Gasteiger partial charge >= 0.3 is 36.1 Å². The summed E-state index contributed by atoms with van der Waals surface area (Å²) in [7, 11) is -2.85. The number of alkyl carbamates (subject to hydrolysis) is 2. The third-order valence-electron chi connectivity index (χ3n) is 16.5. The Kier molecular flexibility index (Phi) is 42.7. The standard InChI is InChI=1S/C40H66N4O9S2Si.C40H57NO7SSi/c1-12-14-15-16-17-21-33(46)54-23-19-18-20-28(25-32(45)51-22-24-56(9,10)11)52-37(49)34(39(3,4)5)44-35(47)29(13-2)43-36(48)30-27-55-31(42-30)26-41-38(50)53-40(6,7)8;1-7-8-9-10-11-23-37(43)49-25-17-16-18-30(27-36(42)46-24-26-50(4,5)6)48-39(44)38(29(2)3)41-40(45)47-28-35-33-21-14-12-19-31(33)32-20-13-15-22-34(32)35/h13,18,20,27-28,34H,12,14-17,19,21-26H2,1-11H3,(H,41,50)(H,43,48)(H,44,47);12-16,18-22,29-30,35,38H,7-11,17,23-28H2,1-6H3,(H,41,45)/b20-18+,29-13-;18-16+/t28-,34-;30-,38+/m11/s1. The van der Waals surface area contributed by atoms with Gasteiger partial charge in [-0.1, -0.05) is 229 Å². The van der Waals surface area contributed by atoms with Crippen LogP contribution in [-0.4, -0.2) is 140 Å². The first-order valence-corrected chi connectivity index (χ1v) is 47.9. The number of fused-ring (bicyclic) bond motifs is 3. The van der Waals surface area contributed by atoms with Gasteiger partial charge in [0.25, 0.3) is 11.8 Å². The minimum Gasteiger partial charge on any atom is -0.466 e. The number of amides is 4. The molecule has 3 aromatic rings. The average Bonchev–Trinajstić information content (AvgIpc) is 1.62. The zero-order valence-electron chi connectivity index (χ0n) is 66.2. The topological polar surface area (TPSA) is 287 Å². The molecule has 2 aromatic carbocycles. The molecule has 0 aliphatic heterocycles. The average molecular weight is 1560 g/mol. The molecule has 4 atom stereocenters. The number of hydrogen-bond donors (Lipinski definition) is 4.